The molecule has 0 unspecified atom stereocenters. The molecule has 0 amide bonds. The van der Waals surface area contributed by atoms with E-state index in [-0.39, 0.29) is 0 Å². The first-order chi connectivity index (χ1) is 12.5. The van der Waals surface area contributed by atoms with Crippen LogP contribution in [0.1, 0.15) is 42.4 Å². The first-order valence-corrected chi connectivity index (χ1v) is 8.89. The Morgan fingerprint density at radius 2 is 1.77 bits per heavy atom. The Bertz CT molecular complexity index is 875. The molecule has 2 heterocycles. The fourth-order valence-corrected chi connectivity index (χ4v) is 2.88. The first-order valence-electron chi connectivity index (χ1n) is 8.89. The van der Waals surface area contributed by atoms with Crippen molar-refractivity contribution < 1.29 is 0 Å². The summed E-state index contributed by atoms with van der Waals surface area (Å²) in [5.74, 6) is 2.72. The van der Waals surface area contributed by atoms with Crippen LogP contribution in [0.15, 0.2) is 48.7 Å². The molecular formula is C21H25N5. The van der Waals surface area contributed by atoms with Crippen molar-refractivity contribution in [2.24, 2.45) is 0 Å². The smallest absolute Gasteiger partial charge is 0.136 e. The number of aryl methyl sites for hydroxylation is 2. The van der Waals surface area contributed by atoms with Gasteiger partial charge in [0.15, 0.2) is 0 Å². The summed E-state index contributed by atoms with van der Waals surface area (Å²) in [5.41, 5.74) is 4.58. The second-order valence-electron chi connectivity index (χ2n) is 6.68. The van der Waals surface area contributed by atoms with Gasteiger partial charge in [0.25, 0.3) is 0 Å². The van der Waals surface area contributed by atoms with Crippen LogP contribution in [-0.2, 0) is 6.54 Å². The predicted molar refractivity (Wildman–Crippen MR) is 107 cm³/mol. The van der Waals surface area contributed by atoms with E-state index in [2.05, 4.69) is 64.6 Å². The van der Waals surface area contributed by atoms with Crippen LogP contribution in [0.2, 0.25) is 0 Å². The van der Waals surface area contributed by atoms with Crippen LogP contribution in [0.5, 0.6) is 0 Å². The molecular weight excluding hydrogens is 322 g/mol. The normalized spacial score (nSPS) is 10.8. The lowest BCUT2D eigenvalue weighted by Gasteiger charge is -2.17. The van der Waals surface area contributed by atoms with Gasteiger partial charge in [0, 0.05) is 18.0 Å². The highest BCUT2D eigenvalue weighted by molar-refractivity contribution is 5.67. The molecule has 2 aromatic heterocycles. The van der Waals surface area contributed by atoms with E-state index < -0.39 is 0 Å². The summed E-state index contributed by atoms with van der Waals surface area (Å²) in [5, 5.41) is 6.82. The van der Waals surface area contributed by atoms with E-state index in [0.29, 0.717) is 12.5 Å². The molecule has 5 nitrogen and oxygen atoms in total. The van der Waals surface area contributed by atoms with Crippen LogP contribution >= 0.6 is 0 Å². The van der Waals surface area contributed by atoms with Crippen molar-refractivity contribution in [1.82, 2.24) is 15.0 Å². The Labute approximate surface area is 154 Å². The maximum Gasteiger partial charge on any atom is 0.136 e. The van der Waals surface area contributed by atoms with Gasteiger partial charge in [0.1, 0.15) is 17.5 Å². The quantitative estimate of drug-likeness (QED) is 0.659. The van der Waals surface area contributed by atoms with Crippen molar-refractivity contribution in [3.8, 4) is 0 Å². The minimum Gasteiger partial charge on any atom is -0.364 e. The average molecular weight is 347 g/mol. The predicted octanol–water partition coefficient (Wildman–Crippen LogP) is 4.97. The molecule has 134 valence electrons. The summed E-state index contributed by atoms with van der Waals surface area (Å²) in [7, 11) is 0. The first kappa shape index (κ1) is 17.9. The van der Waals surface area contributed by atoms with Crippen LogP contribution in [0, 0.1) is 13.8 Å². The number of nitrogens with zero attached hydrogens (tertiary/aromatic N) is 3. The molecule has 0 aliphatic heterocycles. The minimum absolute atomic E-state index is 0.432. The molecule has 0 aliphatic rings. The van der Waals surface area contributed by atoms with Crippen molar-refractivity contribution in [1.29, 1.82) is 0 Å². The molecule has 2 N–H and O–H groups in total. The topological polar surface area (TPSA) is 62.7 Å². The lowest BCUT2D eigenvalue weighted by atomic mass is 9.98. The summed E-state index contributed by atoms with van der Waals surface area (Å²) in [4.78, 5) is 13.4. The molecule has 0 aliphatic carbocycles. The zero-order valence-electron chi connectivity index (χ0n) is 15.7. The van der Waals surface area contributed by atoms with Gasteiger partial charge < -0.3 is 10.6 Å². The molecule has 0 fully saturated rings. The fourth-order valence-electron chi connectivity index (χ4n) is 2.88. The lowest BCUT2D eigenvalue weighted by Crippen LogP contribution is -2.07. The summed E-state index contributed by atoms with van der Waals surface area (Å²) in [6.07, 6.45) is 1.79. The fraction of sp³-hybridized carbons (Fsp3) is 0.286. The molecule has 0 radical (unpaired) electrons. The molecule has 26 heavy (non-hydrogen) atoms. The van der Waals surface area contributed by atoms with Crippen molar-refractivity contribution >= 4 is 17.3 Å². The average Bonchev–Trinajstić information content (AvgIpc) is 2.62. The van der Waals surface area contributed by atoms with Crippen LogP contribution in [0.4, 0.5) is 17.3 Å². The molecule has 0 atom stereocenters. The number of hydrogen-bond donors (Lipinski definition) is 2. The Balaban J connectivity index is 1.82. The highest BCUT2D eigenvalue weighted by Gasteiger charge is 2.11. The summed E-state index contributed by atoms with van der Waals surface area (Å²) in [6.45, 7) is 9.04. The Morgan fingerprint density at radius 3 is 2.50 bits per heavy atom. The monoisotopic (exact) mass is 347 g/mol. The number of hydrogen-bond acceptors (Lipinski definition) is 5. The molecule has 3 rings (SSSR count). The Kier molecular flexibility index (Phi) is 5.46. The van der Waals surface area contributed by atoms with Gasteiger partial charge in [-0.2, -0.15) is 0 Å². The van der Waals surface area contributed by atoms with E-state index in [1.54, 1.807) is 6.20 Å². The summed E-state index contributed by atoms with van der Waals surface area (Å²) >= 11 is 0. The Morgan fingerprint density at radius 1 is 0.962 bits per heavy atom. The second-order valence-corrected chi connectivity index (χ2v) is 6.68. The van der Waals surface area contributed by atoms with Crippen LogP contribution < -0.4 is 10.6 Å². The third-order valence-electron chi connectivity index (χ3n) is 4.19. The highest BCUT2D eigenvalue weighted by Crippen LogP contribution is 2.30. The number of rotatable bonds is 6. The van der Waals surface area contributed by atoms with Gasteiger partial charge in [-0.3, -0.25) is 4.98 Å². The van der Waals surface area contributed by atoms with E-state index in [1.807, 2.05) is 31.2 Å². The van der Waals surface area contributed by atoms with Crippen LogP contribution in [0.3, 0.4) is 0 Å². The number of para-hydroxylation sites is 1. The van der Waals surface area contributed by atoms with Crippen molar-refractivity contribution in [2.75, 3.05) is 10.6 Å². The van der Waals surface area contributed by atoms with Gasteiger partial charge in [0.05, 0.1) is 12.2 Å². The molecule has 0 bridgehead atoms. The lowest BCUT2D eigenvalue weighted by molar-refractivity contribution is 0.867. The van der Waals surface area contributed by atoms with Gasteiger partial charge in [-0.1, -0.05) is 38.1 Å². The standard InChI is InChI=1S/C21H25N5/c1-14(2)18-10-7-8-15(3)21(18)26-20-12-19(24-16(4)25-20)23-13-17-9-5-6-11-22-17/h5-12,14H,13H2,1-4H3,(H2,23,24,25,26). The zero-order chi connectivity index (χ0) is 18.5. The third-order valence-corrected chi connectivity index (χ3v) is 4.19. The number of aromatic nitrogens is 3. The van der Waals surface area contributed by atoms with Gasteiger partial charge in [-0.25, -0.2) is 9.97 Å². The number of benzene rings is 1. The Hall–Kier alpha value is -2.95. The zero-order valence-corrected chi connectivity index (χ0v) is 15.7. The molecule has 0 saturated carbocycles. The van der Waals surface area contributed by atoms with E-state index in [4.69, 9.17) is 0 Å². The third kappa shape index (κ3) is 4.36. The number of pyridine rings is 1. The van der Waals surface area contributed by atoms with E-state index in [9.17, 15) is 0 Å². The van der Waals surface area contributed by atoms with Gasteiger partial charge in [-0.05, 0) is 43.0 Å². The molecule has 1 aromatic carbocycles. The van der Waals surface area contributed by atoms with Crippen molar-refractivity contribution in [2.45, 2.75) is 40.2 Å². The van der Waals surface area contributed by atoms with Gasteiger partial charge >= 0.3 is 0 Å². The van der Waals surface area contributed by atoms with Gasteiger partial charge in [0.2, 0.25) is 0 Å². The summed E-state index contributed by atoms with van der Waals surface area (Å²) in [6, 6.07) is 14.2. The maximum absolute atomic E-state index is 4.55. The van der Waals surface area contributed by atoms with E-state index >= 15 is 0 Å². The maximum atomic E-state index is 4.55. The molecule has 5 heteroatoms. The van der Waals surface area contributed by atoms with Crippen LogP contribution in [-0.4, -0.2) is 15.0 Å². The largest absolute Gasteiger partial charge is 0.364 e. The summed E-state index contributed by atoms with van der Waals surface area (Å²) < 4.78 is 0. The second kappa shape index (κ2) is 7.95. The van der Waals surface area contributed by atoms with E-state index in [1.165, 1.54) is 11.1 Å². The number of anilines is 3. The molecule has 0 saturated heterocycles. The van der Waals surface area contributed by atoms with Gasteiger partial charge in [-0.15, -0.1) is 0 Å². The number of nitrogens with one attached hydrogen (secondary N) is 2. The SMILES string of the molecule is Cc1nc(NCc2ccccn2)cc(Nc2c(C)cccc2C(C)C)n1. The van der Waals surface area contributed by atoms with Crippen LogP contribution in [0.25, 0.3) is 0 Å². The van der Waals surface area contributed by atoms with Crippen molar-refractivity contribution in [3.63, 3.8) is 0 Å². The minimum atomic E-state index is 0.432. The van der Waals surface area contributed by atoms with E-state index in [0.717, 1.165) is 28.8 Å². The molecule has 3 aromatic rings. The highest BCUT2D eigenvalue weighted by atomic mass is 15.1. The van der Waals surface area contributed by atoms with Crippen molar-refractivity contribution in [3.05, 3.63) is 71.3 Å². The molecule has 0 spiro atoms.